The number of carbonyl (C=O) groups excluding carboxylic acids is 2. The quantitative estimate of drug-likeness (QED) is 0.417. The maximum atomic E-state index is 11.4. The lowest BCUT2D eigenvalue weighted by atomic mass is 10.2. The number of ether oxygens (including phenoxy) is 1. The van der Waals surface area contributed by atoms with Crippen molar-refractivity contribution in [3.8, 4) is 0 Å². The monoisotopic (exact) mass is 265 g/mol. The topological polar surface area (TPSA) is 81.2 Å². The molecule has 0 radical (unpaired) electrons. The van der Waals surface area contributed by atoms with E-state index < -0.39 is 0 Å². The Balaban J connectivity index is 2.16. The fraction of sp³-hybridized carbons (Fsp3) is 0.538. The van der Waals surface area contributed by atoms with Crippen LogP contribution in [-0.4, -0.2) is 35.4 Å². The van der Waals surface area contributed by atoms with Gasteiger partial charge in [-0.3, -0.25) is 9.59 Å². The number of hydrogen-bond donors (Lipinski definition) is 1. The molecule has 0 aromatic carbocycles. The Hall–Kier alpha value is -1.98. The lowest BCUT2D eigenvalue weighted by molar-refractivity contribution is -0.141. The molecule has 0 spiro atoms. The minimum atomic E-state index is -0.334. The summed E-state index contributed by atoms with van der Waals surface area (Å²) in [5.41, 5.74) is 0.393. The number of aromatic nitrogens is 2. The van der Waals surface area contributed by atoms with Crippen LogP contribution in [0.2, 0.25) is 0 Å². The van der Waals surface area contributed by atoms with Crippen molar-refractivity contribution >= 4 is 18.2 Å². The van der Waals surface area contributed by atoms with E-state index in [0.717, 1.165) is 25.7 Å². The van der Waals surface area contributed by atoms with Crippen LogP contribution in [0.15, 0.2) is 12.4 Å². The van der Waals surface area contributed by atoms with Crippen LogP contribution in [0.3, 0.4) is 0 Å². The van der Waals surface area contributed by atoms with Crippen LogP contribution in [-0.2, 0) is 9.53 Å². The third kappa shape index (κ3) is 6.49. The summed E-state index contributed by atoms with van der Waals surface area (Å²) in [4.78, 5) is 29.5. The molecule has 1 rings (SSSR count). The van der Waals surface area contributed by atoms with Gasteiger partial charge in [0.1, 0.15) is 6.54 Å². The molecule has 104 valence electrons. The van der Waals surface area contributed by atoms with Gasteiger partial charge in [0.05, 0.1) is 12.2 Å². The van der Waals surface area contributed by atoms with Crippen LogP contribution in [0, 0.1) is 0 Å². The molecular weight excluding hydrogens is 246 g/mol. The van der Waals surface area contributed by atoms with Gasteiger partial charge >= 0.3 is 5.97 Å². The van der Waals surface area contributed by atoms with Crippen molar-refractivity contribution in [2.24, 2.45) is 0 Å². The molecule has 1 heterocycles. The van der Waals surface area contributed by atoms with E-state index >= 15 is 0 Å². The molecule has 0 bridgehead atoms. The number of aldehydes is 1. The van der Waals surface area contributed by atoms with Crippen LogP contribution < -0.4 is 5.32 Å². The molecule has 0 aliphatic rings. The van der Waals surface area contributed by atoms with Crippen LogP contribution >= 0.6 is 0 Å². The highest BCUT2D eigenvalue weighted by Crippen LogP contribution is 2.00. The predicted molar refractivity (Wildman–Crippen MR) is 71.0 cm³/mol. The van der Waals surface area contributed by atoms with Gasteiger partial charge in [-0.1, -0.05) is 26.2 Å². The highest BCUT2D eigenvalue weighted by molar-refractivity contribution is 5.75. The Morgan fingerprint density at radius 1 is 1.32 bits per heavy atom. The largest absolute Gasteiger partial charge is 0.464 e. The molecule has 6 heteroatoms. The summed E-state index contributed by atoms with van der Waals surface area (Å²) >= 11 is 0. The summed E-state index contributed by atoms with van der Waals surface area (Å²) < 4.78 is 5.04. The molecule has 0 amide bonds. The Morgan fingerprint density at radius 2 is 2.05 bits per heavy atom. The standard InChI is InChI=1S/C13H19N3O3/c1-2-3-4-5-6-19-12(18)9-16-13-14-7-11(10-17)8-15-13/h7-8,10H,2-6,9H2,1H3,(H,14,15,16). The third-order valence-electron chi connectivity index (χ3n) is 2.46. The highest BCUT2D eigenvalue weighted by atomic mass is 16.5. The molecule has 0 unspecified atom stereocenters. The molecular formula is C13H19N3O3. The number of hydrogen-bond acceptors (Lipinski definition) is 6. The Kier molecular flexibility index (Phi) is 7.16. The van der Waals surface area contributed by atoms with E-state index in [4.69, 9.17) is 4.74 Å². The second-order valence-electron chi connectivity index (χ2n) is 4.09. The molecule has 1 aromatic rings. The maximum Gasteiger partial charge on any atom is 0.325 e. The average Bonchev–Trinajstić information content (AvgIpc) is 2.45. The minimum Gasteiger partial charge on any atom is -0.464 e. The van der Waals surface area contributed by atoms with Crippen molar-refractivity contribution in [1.29, 1.82) is 0 Å². The van der Waals surface area contributed by atoms with E-state index in [9.17, 15) is 9.59 Å². The van der Waals surface area contributed by atoms with Crippen LogP contribution in [0.25, 0.3) is 0 Å². The summed E-state index contributed by atoms with van der Waals surface area (Å²) in [7, 11) is 0. The lowest BCUT2D eigenvalue weighted by Crippen LogP contribution is -2.18. The zero-order valence-electron chi connectivity index (χ0n) is 11.1. The molecule has 0 saturated heterocycles. The Bertz CT molecular complexity index is 393. The van der Waals surface area contributed by atoms with E-state index in [-0.39, 0.29) is 12.5 Å². The second-order valence-corrected chi connectivity index (χ2v) is 4.09. The van der Waals surface area contributed by atoms with Crippen LogP contribution in [0.5, 0.6) is 0 Å². The molecule has 0 fully saturated rings. The fourth-order valence-electron chi connectivity index (χ4n) is 1.41. The summed E-state index contributed by atoms with van der Waals surface area (Å²) in [6.07, 6.45) is 7.72. The van der Waals surface area contributed by atoms with Gasteiger partial charge in [0, 0.05) is 12.4 Å². The van der Waals surface area contributed by atoms with Gasteiger partial charge in [-0.25, -0.2) is 9.97 Å². The zero-order valence-corrected chi connectivity index (χ0v) is 11.1. The number of nitrogens with one attached hydrogen (secondary N) is 1. The number of rotatable bonds is 9. The molecule has 6 nitrogen and oxygen atoms in total. The van der Waals surface area contributed by atoms with Gasteiger partial charge in [-0.15, -0.1) is 0 Å². The number of esters is 1. The van der Waals surface area contributed by atoms with Crippen LogP contribution in [0.4, 0.5) is 5.95 Å². The van der Waals surface area contributed by atoms with Gasteiger partial charge in [0.15, 0.2) is 6.29 Å². The normalized spacial score (nSPS) is 9.95. The number of carbonyl (C=O) groups is 2. The average molecular weight is 265 g/mol. The number of anilines is 1. The highest BCUT2D eigenvalue weighted by Gasteiger charge is 2.03. The molecule has 0 saturated carbocycles. The number of nitrogens with zero attached hydrogens (tertiary/aromatic N) is 2. The second kappa shape index (κ2) is 9.02. The molecule has 1 N–H and O–H groups in total. The summed E-state index contributed by atoms with van der Waals surface area (Å²) in [5, 5.41) is 2.74. The fourth-order valence-corrected chi connectivity index (χ4v) is 1.41. The van der Waals surface area contributed by atoms with E-state index in [1.807, 2.05) is 0 Å². The first-order chi connectivity index (χ1) is 9.26. The van der Waals surface area contributed by atoms with Crippen LogP contribution in [0.1, 0.15) is 43.0 Å². The van der Waals surface area contributed by atoms with Gasteiger partial charge in [-0.05, 0) is 6.42 Å². The van der Waals surface area contributed by atoms with Crippen molar-refractivity contribution in [3.63, 3.8) is 0 Å². The Morgan fingerprint density at radius 3 is 2.68 bits per heavy atom. The SMILES string of the molecule is CCCCCCOC(=O)CNc1ncc(C=O)cn1. The maximum absolute atomic E-state index is 11.4. The van der Waals surface area contributed by atoms with E-state index in [1.54, 1.807) is 0 Å². The first kappa shape index (κ1) is 15.1. The third-order valence-corrected chi connectivity index (χ3v) is 2.46. The van der Waals surface area contributed by atoms with E-state index in [0.29, 0.717) is 24.4 Å². The van der Waals surface area contributed by atoms with Gasteiger partial charge < -0.3 is 10.1 Å². The van der Waals surface area contributed by atoms with Crippen molar-refractivity contribution in [2.75, 3.05) is 18.5 Å². The molecule has 0 aliphatic carbocycles. The molecule has 0 atom stereocenters. The summed E-state index contributed by atoms with van der Waals surface area (Å²) in [5.74, 6) is -0.0342. The first-order valence-corrected chi connectivity index (χ1v) is 6.43. The lowest BCUT2D eigenvalue weighted by Gasteiger charge is -2.06. The minimum absolute atomic E-state index is 0.0220. The molecule has 1 aromatic heterocycles. The van der Waals surface area contributed by atoms with Crippen molar-refractivity contribution in [3.05, 3.63) is 18.0 Å². The molecule has 19 heavy (non-hydrogen) atoms. The van der Waals surface area contributed by atoms with Crippen molar-refractivity contribution in [2.45, 2.75) is 32.6 Å². The van der Waals surface area contributed by atoms with Crippen molar-refractivity contribution in [1.82, 2.24) is 9.97 Å². The van der Waals surface area contributed by atoms with Crippen molar-refractivity contribution < 1.29 is 14.3 Å². The Labute approximate surface area is 112 Å². The first-order valence-electron chi connectivity index (χ1n) is 6.43. The van der Waals surface area contributed by atoms with E-state index in [1.165, 1.54) is 12.4 Å². The van der Waals surface area contributed by atoms with Gasteiger partial charge in [0.2, 0.25) is 5.95 Å². The number of unbranched alkanes of at least 4 members (excludes halogenated alkanes) is 3. The summed E-state index contributed by atoms with van der Waals surface area (Å²) in [6, 6.07) is 0. The summed E-state index contributed by atoms with van der Waals surface area (Å²) in [6.45, 7) is 2.60. The van der Waals surface area contributed by atoms with Gasteiger partial charge in [-0.2, -0.15) is 0 Å². The van der Waals surface area contributed by atoms with E-state index in [2.05, 4.69) is 22.2 Å². The zero-order chi connectivity index (χ0) is 13.9. The van der Waals surface area contributed by atoms with Gasteiger partial charge in [0.25, 0.3) is 0 Å². The molecule has 0 aliphatic heterocycles. The smallest absolute Gasteiger partial charge is 0.325 e. The predicted octanol–water partition coefficient (Wildman–Crippen LogP) is 1.82.